The van der Waals surface area contributed by atoms with Crippen molar-refractivity contribution in [3.8, 4) is 0 Å². The van der Waals surface area contributed by atoms with E-state index in [1.165, 1.54) is 6.08 Å². The number of carboxylic acids is 1. The predicted octanol–water partition coefficient (Wildman–Crippen LogP) is 2.42. The molecule has 1 aromatic carbocycles. The summed E-state index contributed by atoms with van der Waals surface area (Å²) in [5.41, 5.74) is 1.79. The number of hydrogen-bond donors (Lipinski definition) is 2. The number of alkyl carbamates (subject to hydrolysis) is 1. The summed E-state index contributed by atoms with van der Waals surface area (Å²) in [6.45, 7) is 5.44. The van der Waals surface area contributed by atoms with Crippen molar-refractivity contribution in [2.24, 2.45) is 0 Å². The first kappa shape index (κ1) is 14.8. The number of rotatable bonds is 6. The zero-order valence-corrected chi connectivity index (χ0v) is 10.8. The predicted molar refractivity (Wildman–Crippen MR) is 70.9 cm³/mol. The zero-order chi connectivity index (χ0) is 14.3. The molecule has 0 saturated heterocycles. The van der Waals surface area contributed by atoms with E-state index in [0.717, 1.165) is 11.1 Å². The van der Waals surface area contributed by atoms with Crippen LogP contribution in [0.15, 0.2) is 36.9 Å². The zero-order valence-electron chi connectivity index (χ0n) is 10.8. The van der Waals surface area contributed by atoms with Crippen molar-refractivity contribution in [1.82, 2.24) is 5.32 Å². The fraction of sp³-hybridized carbons (Fsp3) is 0.286. The van der Waals surface area contributed by atoms with Gasteiger partial charge in [0, 0.05) is 0 Å². The summed E-state index contributed by atoms with van der Waals surface area (Å²) in [4.78, 5) is 22.3. The van der Waals surface area contributed by atoms with Crippen LogP contribution in [0.25, 0.3) is 0 Å². The molecule has 0 aliphatic carbocycles. The quantitative estimate of drug-likeness (QED) is 0.773. The van der Waals surface area contributed by atoms with Gasteiger partial charge in [-0.25, -0.2) is 4.79 Å². The fourth-order valence-electron chi connectivity index (χ4n) is 1.54. The van der Waals surface area contributed by atoms with Crippen molar-refractivity contribution >= 4 is 12.1 Å². The Balaban J connectivity index is 2.76. The fourth-order valence-corrected chi connectivity index (χ4v) is 1.54. The summed E-state index contributed by atoms with van der Waals surface area (Å²) in [6, 6.07) is 6.69. The molecule has 102 valence electrons. The maximum atomic E-state index is 11.5. The molecule has 5 heteroatoms. The third-order valence-electron chi connectivity index (χ3n) is 2.48. The molecule has 0 aromatic heterocycles. The molecular formula is C14H17NO4. The van der Waals surface area contributed by atoms with E-state index >= 15 is 0 Å². The second-order valence-electron chi connectivity index (χ2n) is 4.09. The van der Waals surface area contributed by atoms with Gasteiger partial charge in [-0.15, -0.1) is 0 Å². The number of carbonyl (C=O) groups is 2. The number of amides is 1. The first-order chi connectivity index (χ1) is 9.02. The number of aryl methyl sites for hydroxylation is 1. The number of aliphatic carboxylic acids is 1. The minimum Gasteiger partial charge on any atom is -0.481 e. The first-order valence-electron chi connectivity index (χ1n) is 5.85. The van der Waals surface area contributed by atoms with Crippen molar-refractivity contribution < 1.29 is 19.4 Å². The van der Waals surface area contributed by atoms with Crippen LogP contribution in [0.2, 0.25) is 0 Å². The Hall–Kier alpha value is -2.30. The highest BCUT2D eigenvalue weighted by Crippen LogP contribution is 2.17. The molecule has 0 aliphatic heterocycles. The minimum absolute atomic E-state index is 0.0829. The Bertz CT molecular complexity index is 453. The van der Waals surface area contributed by atoms with Gasteiger partial charge in [0.15, 0.2) is 0 Å². The molecular weight excluding hydrogens is 246 g/mol. The van der Waals surface area contributed by atoms with Crippen LogP contribution >= 0.6 is 0 Å². The van der Waals surface area contributed by atoms with Crippen LogP contribution < -0.4 is 5.32 Å². The lowest BCUT2D eigenvalue weighted by molar-refractivity contribution is -0.137. The monoisotopic (exact) mass is 263 g/mol. The van der Waals surface area contributed by atoms with Crippen molar-refractivity contribution in [1.29, 1.82) is 0 Å². The molecule has 1 rings (SSSR count). The van der Waals surface area contributed by atoms with Gasteiger partial charge in [-0.2, -0.15) is 0 Å². The summed E-state index contributed by atoms with van der Waals surface area (Å²) < 4.78 is 4.79. The number of carboxylic acid groups (broad SMARTS) is 1. The largest absolute Gasteiger partial charge is 0.481 e. The van der Waals surface area contributed by atoms with Gasteiger partial charge < -0.3 is 15.2 Å². The van der Waals surface area contributed by atoms with E-state index in [0.29, 0.717) is 0 Å². The van der Waals surface area contributed by atoms with E-state index in [1.54, 1.807) is 12.1 Å². The summed E-state index contributed by atoms with van der Waals surface area (Å²) >= 11 is 0. The third kappa shape index (κ3) is 5.25. The Labute approximate surface area is 111 Å². The summed E-state index contributed by atoms with van der Waals surface area (Å²) in [5, 5.41) is 11.4. The van der Waals surface area contributed by atoms with Crippen LogP contribution in [0.5, 0.6) is 0 Å². The maximum absolute atomic E-state index is 11.5. The first-order valence-corrected chi connectivity index (χ1v) is 5.85. The molecule has 0 bridgehead atoms. The molecule has 0 saturated carbocycles. The second-order valence-corrected chi connectivity index (χ2v) is 4.09. The van der Waals surface area contributed by atoms with Gasteiger partial charge >= 0.3 is 12.1 Å². The Morgan fingerprint density at radius 3 is 2.58 bits per heavy atom. The molecule has 5 nitrogen and oxygen atoms in total. The molecule has 0 heterocycles. The van der Waals surface area contributed by atoms with Crippen molar-refractivity contribution in [2.45, 2.75) is 19.4 Å². The summed E-state index contributed by atoms with van der Waals surface area (Å²) in [6.07, 6.45) is 0.580. The summed E-state index contributed by atoms with van der Waals surface area (Å²) in [7, 11) is 0. The lowest BCUT2D eigenvalue weighted by atomic mass is 10.0. The molecule has 1 unspecified atom stereocenters. The molecule has 19 heavy (non-hydrogen) atoms. The average Bonchev–Trinajstić information content (AvgIpc) is 2.36. The van der Waals surface area contributed by atoms with E-state index in [2.05, 4.69) is 11.9 Å². The molecule has 0 spiro atoms. The van der Waals surface area contributed by atoms with Crippen molar-refractivity contribution in [3.63, 3.8) is 0 Å². The van der Waals surface area contributed by atoms with Crippen LogP contribution in [0.1, 0.15) is 23.6 Å². The lowest BCUT2D eigenvalue weighted by Gasteiger charge is -2.17. The van der Waals surface area contributed by atoms with Crippen LogP contribution in [-0.2, 0) is 9.53 Å². The van der Waals surface area contributed by atoms with Crippen molar-refractivity contribution in [2.75, 3.05) is 6.61 Å². The molecule has 0 fully saturated rings. The molecule has 2 N–H and O–H groups in total. The Morgan fingerprint density at radius 2 is 2.05 bits per heavy atom. The molecule has 1 aromatic rings. The molecule has 1 atom stereocenters. The second kappa shape index (κ2) is 7.20. The van der Waals surface area contributed by atoms with E-state index < -0.39 is 18.1 Å². The highest BCUT2D eigenvalue weighted by atomic mass is 16.5. The van der Waals surface area contributed by atoms with Crippen molar-refractivity contribution in [3.05, 3.63) is 48.0 Å². The van der Waals surface area contributed by atoms with E-state index in [9.17, 15) is 9.59 Å². The normalized spacial score (nSPS) is 11.4. The van der Waals surface area contributed by atoms with E-state index in [1.807, 2.05) is 19.1 Å². The SMILES string of the molecule is C=CCOC(=O)NC(CC(=O)O)c1ccc(C)cc1. The maximum Gasteiger partial charge on any atom is 0.407 e. The van der Waals surface area contributed by atoms with E-state index in [-0.39, 0.29) is 13.0 Å². The van der Waals surface area contributed by atoms with Crippen LogP contribution in [0.3, 0.4) is 0 Å². The topological polar surface area (TPSA) is 75.6 Å². The number of nitrogens with one attached hydrogen (secondary N) is 1. The highest BCUT2D eigenvalue weighted by molar-refractivity contribution is 5.72. The van der Waals surface area contributed by atoms with Gasteiger partial charge in [0.05, 0.1) is 12.5 Å². The van der Waals surface area contributed by atoms with Crippen LogP contribution in [-0.4, -0.2) is 23.8 Å². The van der Waals surface area contributed by atoms with Gasteiger partial charge in [-0.1, -0.05) is 42.5 Å². The lowest BCUT2D eigenvalue weighted by Crippen LogP contribution is -2.30. The number of hydrogen-bond acceptors (Lipinski definition) is 3. The highest BCUT2D eigenvalue weighted by Gasteiger charge is 2.18. The standard InChI is InChI=1S/C14H17NO4/c1-3-8-19-14(18)15-12(9-13(16)17)11-6-4-10(2)5-7-11/h3-7,12H,1,8-9H2,2H3,(H,15,18)(H,16,17). The van der Waals surface area contributed by atoms with Gasteiger partial charge in [0.2, 0.25) is 0 Å². The number of ether oxygens (including phenoxy) is 1. The molecule has 0 aliphatic rings. The molecule has 0 radical (unpaired) electrons. The molecule has 1 amide bonds. The van der Waals surface area contributed by atoms with Gasteiger partial charge in [0.1, 0.15) is 6.61 Å². The van der Waals surface area contributed by atoms with E-state index in [4.69, 9.17) is 9.84 Å². The smallest absolute Gasteiger partial charge is 0.407 e. The van der Waals surface area contributed by atoms with Gasteiger partial charge in [-0.3, -0.25) is 4.79 Å². The number of benzene rings is 1. The number of carbonyl (C=O) groups excluding carboxylic acids is 1. The minimum atomic E-state index is -0.991. The van der Waals surface area contributed by atoms with Crippen LogP contribution in [0, 0.1) is 6.92 Å². The Morgan fingerprint density at radius 1 is 1.42 bits per heavy atom. The van der Waals surface area contributed by atoms with Crippen LogP contribution in [0.4, 0.5) is 4.79 Å². The van der Waals surface area contributed by atoms with Gasteiger partial charge in [0.25, 0.3) is 0 Å². The third-order valence-corrected chi connectivity index (χ3v) is 2.48. The Kier molecular flexibility index (Phi) is 5.60. The van der Waals surface area contributed by atoms with Gasteiger partial charge in [-0.05, 0) is 12.5 Å². The average molecular weight is 263 g/mol. The summed E-state index contributed by atoms with van der Waals surface area (Å²) in [5.74, 6) is -0.991.